The van der Waals surface area contributed by atoms with Crippen molar-refractivity contribution in [3.8, 4) is 0 Å². The van der Waals surface area contributed by atoms with E-state index >= 15 is 0 Å². The summed E-state index contributed by atoms with van der Waals surface area (Å²) < 4.78 is 5.57. The van der Waals surface area contributed by atoms with Crippen molar-refractivity contribution in [3.05, 3.63) is 0 Å². The molecule has 0 radical (unpaired) electrons. The molecule has 3 heteroatoms. The normalized spacial score (nSPS) is 35.6. The second-order valence-electron chi connectivity index (χ2n) is 6.81. The predicted molar refractivity (Wildman–Crippen MR) is 76.8 cm³/mol. The molecule has 1 N–H and O–H groups in total. The van der Waals surface area contributed by atoms with Crippen LogP contribution in [0.2, 0.25) is 0 Å². The van der Waals surface area contributed by atoms with Gasteiger partial charge in [-0.05, 0) is 43.4 Å². The van der Waals surface area contributed by atoms with Gasteiger partial charge in [-0.25, -0.2) is 0 Å². The molecule has 0 bridgehead atoms. The summed E-state index contributed by atoms with van der Waals surface area (Å²) in [7, 11) is 0. The van der Waals surface area contributed by atoms with Crippen LogP contribution in [-0.4, -0.2) is 25.2 Å². The molecule has 4 atom stereocenters. The Morgan fingerprint density at radius 2 is 2.11 bits per heavy atom. The fourth-order valence-corrected chi connectivity index (χ4v) is 3.65. The van der Waals surface area contributed by atoms with E-state index in [1.807, 2.05) is 0 Å². The first-order valence-corrected chi connectivity index (χ1v) is 7.97. The van der Waals surface area contributed by atoms with Crippen molar-refractivity contribution in [2.75, 3.05) is 13.2 Å². The maximum absolute atomic E-state index is 12.4. The fourth-order valence-electron chi connectivity index (χ4n) is 3.65. The Bertz CT molecular complexity index is 297. The number of amides is 1. The molecule has 0 aromatic carbocycles. The molecule has 110 valence electrons. The Labute approximate surface area is 117 Å². The Kier molecular flexibility index (Phi) is 5.26. The topological polar surface area (TPSA) is 38.3 Å². The van der Waals surface area contributed by atoms with E-state index in [0.29, 0.717) is 24.3 Å². The van der Waals surface area contributed by atoms with Gasteiger partial charge in [0.25, 0.3) is 0 Å². The number of carbonyl (C=O) groups excluding carboxylic acids is 1. The number of nitrogens with one attached hydrogen (secondary N) is 1. The molecule has 0 aromatic rings. The SMILES string of the molecule is CC1CCC(C(C)C)C(C(=O)NCC2CCCO2)C1. The lowest BCUT2D eigenvalue weighted by molar-refractivity contribution is -0.129. The molecule has 3 nitrogen and oxygen atoms in total. The summed E-state index contributed by atoms with van der Waals surface area (Å²) in [4.78, 5) is 12.4. The van der Waals surface area contributed by atoms with Crippen molar-refractivity contribution in [3.63, 3.8) is 0 Å². The zero-order valence-corrected chi connectivity index (χ0v) is 12.7. The molecule has 2 aliphatic rings. The van der Waals surface area contributed by atoms with Crippen LogP contribution in [0.1, 0.15) is 52.9 Å². The van der Waals surface area contributed by atoms with Crippen molar-refractivity contribution in [2.24, 2.45) is 23.7 Å². The molecule has 2 rings (SSSR count). The van der Waals surface area contributed by atoms with Crippen molar-refractivity contribution in [1.29, 1.82) is 0 Å². The van der Waals surface area contributed by atoms with Crippen LogP contribution in [0.3, 0.4) is 0 Å². The van der Waals surface area contributed by atoms with Gasteiger partial charge >= 0.3 is 0 Å². The Hall–Kier alpha value is -0.570. The Morgan fingerprint density at radius 1 is 1.32 bits per heavy atom. The van der Waals surface area contributed by atoms with Crippen LogP contribution in [-0.2, 0) is 9.53 Å². The second-order valence-corrected chi connectivity index (χ2v) is 6.81. The van der Waals surface area contributed by atoms with Gasteiger partial charge in [0.05, 0.1) is 6.10 Å². The minimum Gasteiger partial charge on any atom is -0.376 e. The van der Waals surface area contributed by atoms with Crippen LogP contribution < -0.4 is 5.32 Å². The maximum Gasteiger partial charge on any atom is 0.223 e. The van der Waals surface area contributed by atoms with E-state index < -0.39 is 0 Å². The Balaban J connectivity index is 1.86. The van der Waals surface area contributed by atoms with E-state index in [0.717, 1.165) is 25.9 Å². The highest BCUT2D eigenvalue weighted by atomic mass is 16.5. The van der Waals surface area contributed by atoms with Crippen LogP contribution in [0.4, 0.5) is 0 Å². The van der Waals surface area contributed by atoms with Crippen LogP contribution >= 0.6 is 0 Å². The largest absolute Gasteiger partial charge is 0.376 e. The lowest BCUT2D eigenvalue weighted by atomic mass is 9.70. The van der Waals surface area contributed by atoms with Crippen molar-refractivity contribution in [1.82, 2.24) is 5.32 Å². The van der Waals surface area contributed by atoms with E-state index in [2.05, 4.69) is 26.1 Å². The van der Waals surface area contributed by atoms with Gasteiger partial charge in [-0.3, -0.25) is 4.79 Å². The predicted octanol–water partition coefficient (Wildman–Crippen LogP) is 2.99. The third-order valence-electron chi connectivity index (χ3n) is 4.89. The number of rotatable bonds is 4. The maximum atomic E-state index is 12.4. The molecule has 0 spiro atoms. The monoisotopic (exact) mass is 267 g/mol. The number of hydrogen-bond acceptors (Lipinski definition) is 2. The molecule has 0 aromatic heterocycles. The van der Waals surface area contributed by atoms with E-state index in [1.54, 1.807) is 0 Å². The van der Waals surface area contributed by atoms with Crippen molar-refractivity contribution >= 4 is 5.91 Å². The molecule has 1 aliphatic heterocycles. The second kappa shape index (κ2) is 6.74. The third-order valence-corrected chi connectivity index (χ3v) is 4.89. The number of hydrogen-bond donors (Lipinski definition) is 1. The molecule has 2 fully saturated rings. The highest BCUT2D eigenvalue weighted by molar-refractivity contribution is 5.79. The van der Waals surface area contributed by atoms with E-state index in [-0.39, 0.29) is 17.9 Å². The zero-order chi connectivity index (χ0) is 13.8. The van der Waals surface area contributed by atoms with Gasteiger partial charge in [-0.2, -0.15) is 0 Å². The summed E-state index contributed by atoms with van der Waals surface area (Å²) >= 11 is 0. The minimum atomic E-state index is 0.213. The third kappa shape index (κ3) is 3.95. The average Bonchev–Trinajstić information content (AvgIpc) is 2.88. The molecular formula is C16H29NO2. The lowest BCUT2D eigenvalue weighted by Gasteiger charge is -2.36. The molecule has 4 unspecified atom stereocenters. The fraction of sp³-hybridized carbons (Fsp3) is 0.938. The average molecular weight is 267 g/mol. The van der Waals surface area contributed by atoms with E-state index in [4.69, 9.17) is 4.74 Å². The summed E-state index contributed by atoms with van der Waals surface area (Å²) in [6, 6.07) is 0. The van der Waals surface area contributed by atoms with Crippen LogP contribution in [0.5, 0.6) is 0 Å². The summed E-state index contributed by atoms with van der Waals surface area (Å²) in [6.45, 7) is 8.34. The van der Waals surface area contributed by atoms with Gasteiger partial charge in [0.1, 0.15) is 0 Å². The minimum absolute atomic E-state index is 0.213. The quantitative estimate of drug-likeness (QED) is 0.850. The van der Waals surface area contributed by atoms with Crippen LogP contribution in [0.15, 0.2) is 0 Å². The van der Waals surface area contributed by atoms with E-state index in [9.17, 15) is 4.79 Å². The van der Waals surface area contributed by atoms with Crippen molar-refractivity contribution < 1.29 is 9.53 Å². The highest BCUT2D eigenvalue weighted by Gasteiger charge is 2.35. The number of carbonyl (C=O) groups is 1. The lowest BCUT2D eigenvalue weighted by Crippen LogP contribution is -2.42. The summed E-state index contributed by atoms with van der Waals surface area (Å²) in [5.41, 5.74) is 0. The van der Waals surface area contributed by atoms with Gasteiger partial charge in [-0.15, -0.1) is 0 Å². The first-order valence-electron chi connectivity index (χ1n) is 7.97. The molecule has 1 saturated carbocycles. The van der Waals surface area contributed by atoms with Crippen molar-refractivity contribution in [2.45, 2.75) is 59.0 Å². The standard InChI is InChI=1S/C16H29NO2/c1-11(2)14-7-6-12(3)9-15(14)16(18)17-10-13-5-4-8-19-13/h11-15H,4-10H2,1-3H3,(H,17,18). The highest BCUT2D eigenvalue weighted by Crippen LogP contribution is 2.38. The molecule has 1 heterocycles. The van der Waals surface area contributed by atoms with Gasteiger partial charge in [-0.1, -0.05) is 27.2 Å². The molecule has 1 saturated heterocycles. The summed E-state index contributed by atoms with van der Waals surface area (Å²) in [6.07, 6.45) is 6.02. The molecule has 19 heavy (non-hydrogen) atoms. The first kappa shape index (κ1) is 14.8. The first-order chi connectivity index (χ1) is 9.08. The molecule has 1 aliphatic carbocycles. The number of ether oxygens (including phenoxy) is 1. The zero-order valence-electron chi connectivity index (χ0n) is 12.7. The molecule has 1 amide bonds. The summed E-state index contributed by atoms with van der Waals surface area (Å²) in [5, 5.41) is 3.14. The van der Waals surface area contributed by atoms with Gasteiger partial charge in [0.2, 0.25) is 5.91 Å². The van der Waals surface area contributed by atoms with Gasteiger partial charge in [0.15, 0.2) is 0 Å². The summed E-state index contributed by atoms with van der Waals surface area (Å²) in [5.74, 6) is 2.33. The Morgan fingerprint density at radius 3 is 2.74 bits per heavy atom. The van der Waals surface area contributed by atoms with Gasteiger partial charge < -0.3 is 10.1 Å². The molecular weight excluding hydrogens is 238 g/mol. The van der Waals surface area contributed by atoms with Crippen LogP contribution in [0.25, 0.3) is 0 Å². The van der Waals surface area contributed by atoms with E-state index in [1.165, 1.54) is 12.8 Å². The van der Waals surface area contributed by atoms with Crippen LogP contribution in [0, 0.1) is 23.7 Å². The van der Waals surface area contributed by atoms with Gasteiger partial charge in [0, 0.05) is 19.1 Å². The smallest absolute Gasteiger partial charge is 0.223 e.